The summed E-state index contributed by atoms with van der Waals surface area (Å²) in [7, 11) is 2.33. The van der Waals surface area contributed by atoms with Gasteiger partial charge in [-0.2, -0.15) is 0 Å². The molecule has 0 aliphatic carbocycles. The number of guanidine groups is 1. The second kappa shape index (κ2) is 9.09. The average molecular weight is 397 g/mol. The Morgan fingerprint density at radius 2 is 2.00 bits per heavy atom. The molecule has 26 heavy (non-hydrogen) atoms. The smallest absolute Gasteiger partial charge is 0.193 e. The van der Waals surface area contributed by atoms with Crippen LogP contribution >= 0.6 is 11.6 Å². The molecule has 142 valence electrons. The van der Waals surface area contributed by atoms with Crippen molar-refractivity contribution in [2.45, 2.75) is 17.9 Å². The molecular formula is C18H25ClN4O2S. The zero-order valence-corrected chi connectivity index (χ0v) is 16.9. The zero-order chi connectivity index (χ0) is 19.2. The number of benzene rings is 1. The van der Waals surface area contributed by atoms with Gasteiger partial charge in [-0.05, 0) is 24.6 Å². The quantitative estimate of drug-likeness (QED) is 0.443. The predicted molar refractivity (Wildman–Crippen MR) is 106 cm³/mol. The lowest BCUT2D eigenvalue weighted by Crippen LogP contribution is -2.39. The third-order valence-electron chi connectivity index (χ3n) is 4.02. The first-order chi connectivity index (χ1) is 12.3. The summed E-state index contributed by atoms with van der Waals surface area (Å²) in [6, 6.07) is 10.4. The van der Waals surface area contributed by atoms with E-state index in [9.17, 15) is 8.42 Å². The van der Waals surface area contributed by atoms with E-state index >= 15 is 0 Å². The molecule has 8 heteroatoms. The molecule has 0 bridgehead atoms. The van der Waals surface area contributed by atoms with Crippen molar-refractivity contribution < 1.29 is 8.42 Å². The van der Waals surface area contributed by atoms with Crippen molar-refractivity contribution in [3.8, 4) is 0 Å². The van der Waals surface area contributed by atoms with Gasteiger partial charge in [-0.25, -0.2) is 8.42 Å². The standard InChI is InChI=1S/C18H25ClN4O2S/c1-20-18(23(3)14-16-12-15(19)13-22(16)2)21-10-7-11-26(24,25)17-8-5-4-6-9-17/h4-6,8-9,12-13H,7,10-11,14H2,1-3H3,(H,20,21). The van der Waals surface area contributed by atoms with Gasteiger partial charge >= 0.3 is 0 Å². The maximum atomic E-state index is 12.3. The van der Waals surface area contributed by atoms with Gasteiger partial charge in [0.1, 0.15) is 0 Å². The van der Waals surface area contributed by atoms with E-state index < -0.39 is 9.84 Å². The number of aliphatic imine (C=N–C) groups is 1. The Labute approximate surface area is 160 Å². The number of nitrogens with zero attached hydrogens (tertiary/aromatic N) is 3. The van der Waals surface area contributed by atoms with Crippen LogP contribution in [0.1, 0.15) is 12.1 Å². The van der Waals surface area contributed by atoms with E-state index in [0.717, 1.165) is 5.69 Å². The predicted octanol–water partition coefficient (Wildman–Crippen LogP) is 2.55. The highest BCUT2D eigenvalue weighted by Gasteiger charge is 2.14. The van der Waals surface area contributed by atoms with E-state index in [1.807, 2.05) is 35.8 Å². The number of halogens is 1. The summed E-state index contributed by atoms with van der Waals surface area (Å²) in [5.41, 5.74) is 1.06. The molecule has 2 rings (SSSR count). The number of rotatable bonds is 7. The fraction of sp³-hybridized carbons (Fsp3) is 0.389. The van der Waals surface area contributed by atoms with Crippen molar-refractivity contribution in [1.29, 1.82) is 0 Å². The fourth-order valence-corrected chi connectivity index (χ4v) is 4.24. The summed E-state index contributed by atoms with van der Waals surface area (Å²) in [5, 5.41) is 3.91. The second-order valence-electron chi connectivity index (χ2n) is 6.08. The van der Waals surface area contributed by atoms with Crippen LogP contribution in [0.3, 0.4) is 0 Å². The third kappa shape index (κ3) is 5.51. The molecule has 6 nitrogen and oxygen atoms in total. The second-order valence-corrected chi connectivity index (χ2v) is 8.62. The van der Waals surface area contributed by atoms with Gasteiger partial charge < -0.3 is 14.8 Å². The lowest BCUT2D eigenvalue weighted by molar-refractivity contribution is 0.462. The number of nitrogens with one attached hydrogen (secondary N) is 1. The SMILES string of the molecule is CN=C(NCCCS(=O)(=O)c1ccccc1)N(C)Cc1cc(Cl)cn1C. The number of sulfone groups is 1. The Hall–Kier alpha value is -1.99. The summed E-state index contributed by atoms with van der Waals surface area (Å²) in [4.78, 5) is 6.59. The van der Waals surface area contributed by atoms with E-state index in [0.29, 0.717) is 35.4 Å². The van der Waals surface area contributed by atoms with Crippen molar-refractivity contribution in [3.63, 3.8) is 0 Å². The van der Waals surface area contributed by atoms with E-state index in [1.165, 1.54) is 0 Å². The van der Waals surface area contributed by atoms with Crippen LogP contribution in [0.2, 0.25) is 5.02 Å². The van der Waals surface area contributed by atoms with E-state index in [2.05, 4.69) is 10.3 Å². The van der Waals surface area contributed by atoms with Crippen LogP contribution in [0, 0.1) is 0 Å². The molecular weight excluding hydrogens is 372 g/mol. The highest BCUT2D eigenvalue weighted by atomic mass is 35.5. The molecule has 0 saturated heterocycles. The first-order valence-corrected chi connectivity index (χ1v) is 10.4. The van der Waals surface area contributed by atoms with Gasteiger partial charge in [0.15, 0.2) is 15.8 Å². The largest absolute Gasteiger partial charge is 0.356 e. The lowest BCUT2D eigenvalue weighted by Gasteiger charge is -2.22. The van der Waals surface area contributed by atoms with Crippen LogP contribution in [0.4, 0.5) is 0 Å². The minimum Gasteiger partial charge on any atom is -0.356 e. The molecule has 1 heterocycles. The highest BCUT2D eigenvalue weighted by Crippen LogP contribution is 2.14. The van der Waals surface area contributed by atoms with Crippen molar-refractivity contribution in [3.05, 3.63) is 53.3 Å². The first-order valence-electron chi connectivity index (χ1n) is 8.34. The van der Waals surface area contributed by atoms with E-state index in [1.54, 1.807) is 37.4 Å². The van der Waals surface area contributed by atoms with Gasteiger partial charge in [0.05, 0.1) is 22.2 Å². The lowest BCUT2D eigenvalue weighted by atomic mass is 10.4. The monoisotopic (exact) mass is 396 g/mol. The van der Waals surface area contributed by atoms with Crippen molar-refractivity contribution >= 4 is 27.4 Å². The minimum atomic E-state index is -3.25. The highest BCUT2D eigenvalue weighted by molar-refractivity contribution is 7.91. The van der Waals surface area contributed by atoms with Gasteiger partial charge in [0.25, 0.3) is 0 Å². The van der Waals surface area contributed by atoms with Crippen LogP contribution in [-0.4, -0.2) is 50.2 Å². The van der Waals surface area contributed by atoms with Gasteiger partial charge in [-0.15, -0.1) is 0 Å². The van der Waals surface area contributed by atoms with Crippen molar-refractivity contribution in [2.75, 3.05) is 26.4 Å². The van der Waals surface area contributed by atoms with E-state index in [-0.39, 0.29) is 5.75 Å². The Balaban J connectivity index is 1.84. The van der Waals surface area contributed by atoms with Gasteiger partial charge in [-0.1, -0.05) is 29.8 Å². The molecule has 0 atom stereocenters. The molecule has 1 N–H and O–H groups in total. The zero-order valence-electron chi connectivity index (χ0n) is 15.3. The molecule has 1 aromatic heterocycles. The normalized spacial score (nSPS) is 12.2. The van der Waals surface area contributed by atoms with Crippen LogP contribution in [0.15, 0.2) is 52.5 Å². The maximum Gasteiger partial charge on any atom is 0.193 e. The van der Waals surface area contributed by atoms with Crippen LogP contribution < -0.4 is 5.32 Å². The topological polar surface area (TPSA) is 66.7 Å². The van der Waals surface area contributed by atoms with Gasteiger partial charge in [0.2, 0.25) is 0 Å². The Morgan fingerprint density at radius 1 is 1.31 bits per heavy atom. The van der Waals surface area contributed by atoms with E-state index in [4.69, 9.17) is 11.6 Å². The molecule has 0 aliphatic heterocycles. The molecule has 0 amide bonds. The molecule has 0 fully saturated rings. The fourth-order valence-electron chi connectivity index (χ4n) is 2.63. The van der Waals surface area contributed by atoms with Crippen molar-refractivity contribution in [2.24, 2.45) is 12.0 Å². The summed E-state index contributed by atoms with van der Waals surface area (Å²) < 4.78 is 26.5. The number of hydrogen-bond acceptors (Lipinski definition) is 3. The third-order valence-corrected chi connectivity index (χ3v) is 6.05. The number of aryl methyl sites for hydroxylation is 1. The van der Waals surface area contributed by atoms with Crippen LogP contribution in [-0.2, 0) is 23.4 Å². The summed E-state index contributed by atoms with van der Waals surface area (Å²) in [6.45, 7) is 1.17. The maximum absolute atomic E-state index is 12.3. The average Bonchev–Trinajstić information content (AvgIpc) is 2.92. The molecule has 0 radical (unpaired) electrons. The minimum absolute atomic E-state index is 0.0954. The van der Waals surface area contributed by atoms with Crippen LogP contribution in [0.5, 0.6) is 0 Å². The Morgan fingerprint density at radius 3 is 2.58 bits per heavy atom. The Bertz CT molecular complexity index is 847. The molecule has 1 aromatic carbocycles. The molecule has 0 saturated carbocycles. The van der Waals surface area contributed by atoms with Gasteiger partial charge in [-0.3, -0.25) is 4.99 Å². The summed E-state index contributed by atoms with van der Waals surface area (Å²) in [6.07, 6.45) is 2.36. The van der Waals surface area contributed by atoms with Crippen molar-refractivity contribution in [1.82, 2.24) is 14.8 Å². The molecule has 0 unspecified atom stereocenters. The molecule has 2 aromatic rings. The Kier molecular flexibility index (Phi) is 7.11. The van der Waals surface area contributed by atoms with Gasteiger partial charge in [0, 0.05) is 39.6 Å². The first kappa shape index (κ1) is 20.3. The number of hydrogen-bond donors (Lipinski definition) is 1. The summed E-state index contributed by atoms with van der Waals surface area (Å²) in [5.74, 6) is 0.803. The molecule has 0 aliphatic rings. The number of aromatic nitrogens is 1. The summed E-state index contributed by atoms with van der Waals surface area (Å²) >= 11 is 6.02. The molecule has 0 spiro atoms. The van der Waals surface area contributed by atoms with Crippen LogP contribution in [0.25, 0.3) is 0 Å².